The molecule has 0 atom stereocenters. The van der Waals surface area contributed by atoms with Crippen LogP contribution in [0.5, 0.6) is 0 Å². The van der Waals surface area contributed by atoms with Crippen LogP contribution in [0, 0.1) is 0 Å². The lowest BCUT2D eigenvalue weighted by Crippen LogP contribution is -2.60. The highest BCUT2D eigenvalue weighted by atomic mass is 28.9. The Kier molecular flexibility index (Phi) is 9.08. The van der Waals surface area contributed by atoms with E-state index in [1.54, 1.807) is 0 Å². The van der Waals surface area contributed by atoms with Gasteiger partial charge in [0.15, 0.2) is 0 Å². The molecule has 0 aliphatic rings. The topological polar surface area (TPSA) is 0 Å². The first-order valence-electron chi connectivity index (χ1n) is 11.5. The highest BCUT2D eigenvalue weighted by molar-refractivity contribution is 7.23. The Bertz CT molecular complexity index is 483. The summed E-state index contributed by atoms with van der Waals surface area (Å²) in [6.45, 7) is 48.5. The minimum Gasteiger partial charge on any atom is -0.0696 e. The molecule has 0 saturated heterocycles. The average Bonchev–Trinajstić information content (AvgIpc) is 2.23. The highest BCUT2D eigenvalue weighted by Gasteiger charge is 2.51. The third-order valence-electron chi connectivity index (χ3n) is 5.95. The van der Waals surface area contributed by atoms with Gasteiger partial charge in [0.2, 0.25) is 0 Å². The number of hydrogen-bond acceptors (Lipinski definition) is 0. The van der Waals surface area contributed by atoms with Gasteiger partial charge in [-0.15, -0.1) is 0 Å². The lowest BCUT2D eigenvalue weighted by Gasteiger charge is -2.52. The normalized spacial score (nSPS) is 16.7. The molecule has 28 heavy (non-hydrogen) atoms. The van der Waals surface area contributed by atoms with Crippen LogP contribution in [0.25, 0.3) is 0 Å². The Labute approximate surface area is 187 Å². The van der Waals surface area contributed by atoms with Gasteiger partial charge in [0.05, 0.1) is 0 Å². The molecule has 0 N–H and O–H groups in total. The molecule has 0 nitrogen and oxygen atoms in total. The second-order valence-corrected chi connectivity index (χ2v) is 49.4. The Morgan fingerprint density at radius 1 is 0.393 bits per heavy atom. The molecule has 0 bridgehead atoms. The molecule has 0 aromatic carbocycles. The third kappa shape index (κ3) is 7.77. The Balaban J connectivity index is 7.71. The van der Waals surface area contributed by atoms with Crippen molar-refractivity contribution in [3.63, 3.8) is 0 Å². The van der Waals surface area contributed by atoms with Crippen molar-refractivity contribution in [1.29, 1.82) is 0 Å². The predicted octanol–water partition coefficient (Wildman–Crippen LogP) is 8.90. The zero-order valence-electron chi connectivity index (χ0n) is 23.2. The quantitative estimate of drug-likeness (QED) is 0.327. The van der Waals surface area contributed by atoms with E-state index in [1.807, 2.05) is 0 Å². The summed E-state index contributed by atoms with van der Waals surface area (Å²) < 4.78 is 0. The Hall–Kier alpha value is 1.30. The smallest absolute Gasteiger partial charge is 0.0449 e. The van der Waals surface area contributed by atoms with E-state index in [0.29, 0.717) is 10.1 Å². The van der Waals surface area contributed by atoms with Gasteiger partial charge >= 0.3 is 0 Å². The summed E-state index contributed by atoms with van der Waals surface area (Å²) in [5, 5.41) is 1.02. The van der Waals surface area contributed by atoms with Gasteiger partial charge in [0, 0.05) is 32.3 Å². The SMILES string of the molecule is CC(C)(C)/[Si](C([Si](C)(C)C)[Si](C)(C)C)=[Si](\C([Si](C)(C)C)[Si](C)(C)C)C(C)(C)C. The van der Waals surface area contributed by atoms with Crippen molar-refractivity contribution in [1.82, 2.24) is 0 Å². The molecule has 0 radical (unpaired) electrons. The lowest BCUT2D eigenvalue weighted by atomic mass is 10.2. The minimum absolute atomic E-state index is 0.478. The first-order chi connectivity index (χ1) is 11.7. The molecule has 0 unspecified atom stereocenters. The maximum atomic E-state index is 2.71. The van der Waals surface area contributed by atoms with E-state index in [9.17, 15) is 0 Å². The fraction of sp³-hybridized carbons (Fsp3) is 1.00. The van der Waals surface area contributed by atoms with E-state index in [-0.39, 0.29) is 0 Å². The number of rotatable bonds is 6. The van der Waals surface area contributed by atoms with E-state index in [1.165, 1.54) is 0 Å². The molecule has 0 amide bonds. The van der Waals surface area contributed by atoms with Gasteiger partial charge in [0.25, 0.3) is 0 Å². The van der Waals surface area contributed by atoms with Crippen LogP contribution in [-0.2, 0) is 0 Å². The predicted molar refractivity (Wildman–Crippen MR) is 152 cm³/mol. The average molecular weight is 489 g/mol. The molecule has 0 spiro atoms. The van der Waals surface area contributed by atoms with Crippen LogP contribution in [-0.4, -0.2) is 48.1 Å². The fourth-order valence-electron chi connectivity index (χ4n) is 6.32. The summed E-state index contributed by atoms with van der Waals surface area (Å²) in [5.41, 5.74) is 0. The van der Waals surface area contributed by atoms with Crippen LogP contribution in [0.3, 0.4) is 0 Å². The largest absolute Gasteiger partial charge is 0.0696 e. The van der Waals surface area contributed by atoms with Crippen LogP contribution in [0.2, 0.25) is 98.2 Å². The van der Waals surface area contributed by atoms with Crippen LogP contribution in [0.15, 0.2) is 0 Å². The second kappa shape index (κ2) is 8.68. The summed E-state index contributed by atoms with van der Waals surface area (Å²) in [7, 11) is -5.90. The van der Waals surface area contributed by atoms with Gasteiger partial charge < -0.3 is 0 Å². The summed E-state index contributed by atoms with van der Waals surface area (Å²) in [4.78, 5) is 2.21. The monoisotopic (exact) mass is 488 g/mol. The van der Waals surface area contributed by atoms with Crippen molar-refractivity contribution < 1.29 is 0 Å². The fourth-order valence-corrected chi connectivity index (χ4v) is 78.0. The van der Waals surface area contributed by atoms with Crippen LogP contribution >= 0.6 is 0 Å². The zero-order valence-corrected chi connectivity index (χ0v) is 29.2. The van der Waals surface area contributed by atoms with Crippen LogP contribution in [0.1, 0.15) is 41.5 Å². The van der Waals surface area contributed by atoms with Gasteiger partial charge in [-0.1, -0.05) is 120 Å². The number of hydrogen-bond donors (Lipinski definition) is 0. The molecule has 0 saturated carbocycles. The van der Waals surface area contributed by atoms with E-state index in [0.717, 1.165) is 9.58 Å². The Morgan fingerprint density at radius 2 is 0.536 bits per heavy atom. The lowest BCUT2D eigenvalue weighted by molar-refractivity contribution is 0.728. The van der Waals surface area contributed by atoms with E-state index < -0.39 is 48.1 Å². The van der Waals surface area contributed by atoms with Crippen molar-refractivity contribution in [2.75, 3.05) is 0 Å². The summed E-state index contributed by atoms with van der Waals surface area (Å²) in [5.74, 6) is 0. The van der Waals surface area contributed by atoms with Crippen LogP contribution in [0.4, 0.5) is 0 Å². The summed E-state index contributed by atoms with van der Waals surface area (Å²) in [6, 6.07) is 0. The molecule has 0 aromatic heterocycles. The highest BCUT2D eigenvalue weighted by Crippen LogP contribution is 2.48. The molecule has 6 heteroatoms. The minimum atomic E-state index is -1.24. The van der Waals surface area contributed by atoms with Gasteiger partial charge in [-0.2, -0.15) is 0 Å². The van der Waals surface area contributed by atoms with Gasteiger partial charge in [0.1, 0.15) is 0 Å². The molecule has 0 aromatic rings. The maximum Gasteiger partial charge on any atom is 0.0449 e. The van der Waals surface area contributed by atoms with Crippen molar-refractivity contribution in [3.05, 3.63) is 0 Å². The molecular formula is C22H56Si6. The van der Waals surface area contributed by atoms with Crippen molar-refractivity contribution in [3.8, 4) is 0 Å². The summed E-state index contributed by atoms with van der Waals surface area (Å²) >= 11 is 0. The zero-order chi connectivity index (χ0) is 23.3. The molecule has 0 rings (SSSR count). The van der Waals surface area contributed by atoms with E-state index in [4.69, 9.17) is 0 Å². The summed E-state index contributed by atoms with van der Waals surface area (Å²) in [6.07, 6.45) is 0. The Morgan fingerprint density at radius 3 is 0.607 bits per heavy atom. The van der Waals surface area contributed by atoms with Gasteiger partial charge in [-0.05, 0) is 35.4 Å². The maximum absolute atomic E-state index is 2.71. The molecule has 0 aliphatic heterocycles. The van der Waals surface area contributed by atoms with Crippen molar-refractivity contribution >= 4 is 48.1 Å². The van der Waals surface area contributed by atoms with E-state index >= 15 is 0 Å². The van der Waals surface area contributed by atoms with Crippen molar-refractivity contribution in [2.24, 2.45) is 0 Å². The third-order valence-corrected chi connectivity index (χ3v) is 53.5. The van der Waals surface area contributed by atoms with Gasteiger partial charge in [-0.3, -0.25) is 0 Å². The van der Waals surface area contributed by atoms with Gasteiger partial charge in [-0.25, -0.2) is 0 Å². The van der Waals surface area contributed by atoms with Crippen LogP contribution < -0.4 is 0 Å². The molecule has 0 aliphatic carbocycles. The van der Waals surface area contributed by atoms with Crippen molar-refractivity contribution in [2.45, 2.75) is 140 Å². The molecule has 168 valence electrons. The molecule has 0 heterocycles. The first kappa shape index (κ1) is 29.3. The first-order valence-corrected chi connectivity index (χ1v) is 29.9. The van der Waals surface area contributed by atoms with E-state index in [2.05, 4.69) is 120 Å². The molecule has 0 fully saturated rings. The second-order valence-electron chi connectivity index (χ2n) is 15.7. The standard InChI is InChI=1S/C22H56Si6/c1-21(2,3)23(19(25(7,8)9)26(10,11)12)24(22(4,5)6)20(27(13,14)15)28(16,17)18/h19-20H,1-18H3/b24-23+. The molecular weight excluding hydrogens is 433 g/mol.